The smallest absolute Gasteiger partial charge is 1.00 e. The van der Waals surface area contributed by atoms with E-state index in [1.54, 1.807) is 12.1 Å². The zero-order chi connectivity index (χ0) is 18.8. The van der Waals surface area contributed by atoms with Crippen molar-refractivity contribution in [2.24, 2.45) is 0 Å². The standard InChI is InChI=1S/2C10H11N3.2ClH.Cu/c2*1-6-5-7(2)12-10-8(6)3-4-9(11)13-10;;;/h2*3-5H,1-2H3,(H2,11,12,13);2*1H;/q;;;;+2/p-2. The van der Waals surface area contributed by atoms with Crippen LogP contribution < -0.4 is 36.3 Å². The third kappa shape index (κ3) is 6.41. The Morgan fingerprint density at radius 3 is 1.28 bits per heavy atom. The normalized spacial score (nSPS) is 9.52. The molecule has 6 nitrogen and oxygen atoms in total. The van der Waals surface area contributed by atoms with Gasteiger partial charge in [0.15, 0.2) is 11.3 Å². The van der Waals surface area contributed by atoms with Crippen LogP contribution >= 0.6 is 0 Å². The van der Waals surface area contributed by atoms with Gasteiger partial charge in [0, 0.05) is 22.2 Å². The second-order valence-corrected chi connectivity index (χ2v) is 6.38. The summed E-state index contributed by atoms with van der Waals surface area (Å²) in [5.41, 5.74) is 16.9. The van der Waals surface area contributed by atoms with Gasteiger partial charge in [0.2, 0.25) is 0 Å². The van der Waals surface area contributed by atoms with Crippen molar-refractivity contribution in [2.75, 3.05) is 11.5 Å². The van der Waals surface area contributed by atoms with Crippen molar-refractivity contribution in [2.45, 2.75) is 27.7 Å². The summed E-state index contributed by atoms with van der Waals surface area (Å²) in [6, 6.07) is 11.6. The van der Waals surface area contributed by atoms with Crippen LogP contribution in [0.2, 0.25) is 0 Å². The maximum absolute atomic E-state index is 5.57. The van der Waals surface area contributed by atoms with Gasteiger partial charge in [-0.05, 0) is 75.2 Å². The van der Waals surface area contributed by atoms with E-state index in [-0.39, 0.29) is 41.9 Å². The molecule has 0 unspecified atom stereocenters. The van der Waals surface area contributed by atoms with Gasteiger partial charge in [0.25, 0.3) is 0 Å². The van der Waals surface area contributed by atoms with E-state index in [1.807, 2.05) is 38.1 Å². The van der Waals surface area contributed by atoms with Crippen LogP contribution in [0.4, 0.5) is 11.6 Å². The Bertz CT molecular complexity index is 1020. The number of pyridine rings is 4. The molecule has 0 bridgehead atoms. The van der Waals surface area contributed by atoms with Crippen LogP contribution in [-0.4, -0.2) is 19.9 Å². The van der Waals surface area contributed by atoms with Gasteiger partial charge in [0.05, 0.1) is 0 Å². The molecule has 0 aliphatic rings. The number of nitrogen functional groups attached to an aromatic ring is 2. The third-order valence-electron chi connectivity index (χ3n) is 4.06. The Morgan fingerprint density at radius 1 is 0.586 bits per heavy atom. The summed E-state index contributed by atoms with van der Waals surface area (Å²) in [5, 5.41) is 2.14. The van der Waals surface area contributed by atoms with Gasteiger partial charge >= 0.3 is 17.1 Å². The number of anilines is 2. The Hall–Kier alpha value is -2.18. The maximum atomic E-state index is 5.57. The molecule has 4 aromatic heterocycles. The summed E-state index contributed by atoms with van der Waals surface area (Å²) >= 11 is 0. The van der Waals surface area contributed by atoms with Crippen molar-refractivity contribution in [3.8, 4) is 0 Å². The molecule has 29 heavy (non-hydrogen) atoms. The molecular weight excluding hydrogens is 459 g/mol. The van der Waals surface area contributed by atoms with Crippen LogP contribution in [0.25, 0.3) is 22.1 Å². The number of hydrogen-bond donors (Lipinski definition) is 2. The first-order chi connectivity index (χ1) is 12.3. The summed E-state index contributed by atoms with van der Waals surface area (Å²) in [7, 11) is 0. The summed E-state index contributed by atoms with van der Waals surface area (Å²) in [4.78, 5) is 16.9. The van der Waals surface area contributed by atoms with E-state index < -0.39 is 0 Å². The molecule has 0 fully saturated rings. The van der Waals surface area contributed by atoms with Crippen molar-refractivity contribution in [1.29, 1.82) is 0 Å². The average Bonchev–Trinajstić information content (AvgIpc) is 2.54. The van der Waals surface area contributed by atoms with E-state index >= 15 is 0 Å². The number of hydrogen-bond acceptors (Lipinski definition) is 6. The molecule has 4 heterocycles. The van der Waals surface area contributed by atoms with Crippen LogP contribution in [-0.2, 0) is 17.1 Å². The Labute approximate surface area is 193 Å². The molecule has 4 N–H and O–H groups in total. The molecule has 0 saturated heterocycles. The van der Waals surface area contributed by atoms with Crippen LogP contribution in [0.1, 0.15) is 22.5 Å². The fourth-order valence-electron chi connectivity index (χ4n) is 2.89. The topological polar surface area (TPSA) is 104 Å². The molecule has 0 saturated carbocycles. The molecule has 1 radical (unpaired) electrons. The molecule has 9 heteroatoms. The zero-order valence-corrected chi connectivity index (χ0v) is 18.9. The number of halogens is 2. The van der Waals surface area contributed by atoms with E-state index in [9.17, 15) is 0 Å². The van der Waals surface area contributed by atoms with Crippen LogP contribution in [0, 0.1) is 27.7 Å². The first-order valence-electron chi connectivity index (χ1n) is 8.34. The third-order valence-corrected chi connectivity index (χ3v) is 4.06. The minimum Gasteiger partial charge on any atom is -1.00 e. The van der Waals surface area contributed by atoms with Gasteiger partial charge in [-0.2, -0.15) is 0 Å². The molecule has 0 amide bonds. The molecule has 0 aromatic carbocycles. The number of fused-ring (bicyclic) bond motifs is 2. The second kappa shape index (κ2) is 11.1. The minimum atomic E-state index is 0. The van der Waals surface area contributed by atoms with Crippen molar-refractivity contribution in [3.05, 3.63) is 58.9 Å². The van der Waals surface area contributed by atoms with Gasteiger partial charge in [-0.15, -0.1) is 0 Å². The summed E-state index contributed by atoms with van der Waals surface area (Å²) in [6.45, 7) is 8.01. The molecule has 0 aliphatic heterocycles. The number of nitrogens with two attached hydrogens (primary N) is 2. The average molecular weight is 481 g/mol. The van der Waals surface area contributed by atoms with E-state index in [2.05, 4.69) is 33.8 Å². The molecular formula is C20H22Cl2CuN6. The number of nitrogens with zero attached hydrogens (tertiary/aromatic N) is 4. The van der Waals surface area contributed by atoms with E-state index in [0.29, 0.717) is 11.6 Å². The monoisotopic (exact) mass is 479 g/mol. The molecule has 0 spiro atoms. The Morgan fingerprint density at radius 2 is 0.931 bits per heavy atom. The van der Waals surface area contributed by atoms with Gasteiger partial charge in [-0.25, -0.2) is 19.9 Å². The number of aryl methyl sites for hydroxylation is 4. The summed E-state index contributed by atoms with van der Waals surface area (Å²) < 4.78 is 0. The van der Waals surface area contributed by atoms with Crippen LogP contribution in [0.5, 0.6) is 0 Å². The summed E-state index contributed by atoms with van der Waals surface area (Å²) in [5.74, 6) is 1.04. The Balaban J connectivity index is 0.000000490. The number of rotatable bonds is 0. The van der Waals surface area contributed by atoms with Crippen molar-refractivity contribution >= 4 is 33.7 Å². The Kier molecular flexibility index (Phi) is 10.3. The molecule has 157 valence electrons. The van der Waals surface area contributed by atoms with E-state index in [1.165, 1.54) is 11.1 Å². The molecule has 0 aliphatic carbocycles. The van der Waals surface area contributed by atoms with Crippen molar-refractivity contribution in [3.63, 3.8) is 0 Å². The quantitative estimate of drug-likeness (QED) is 0.274. The fourth-order valence-corrected chi connectivity index (χ4v) is 2.89. The number of aromatic nitrogens is 4. The molecule has 4 rings (SSSR count). The summed E-state index contributed by atoms with van der Waals surface area (Å²) in [6.07, 6.45) is 0. The molecule has 0 atom stereocenters. The maximum Gasteiger partial charge on any atom is 2.00 e. The predicted octanol–water partition coefficient (Wildman–Crippen LogP) is -2.34. The SMILES string of the molecule is Cc1cc(C)c2ccc(N)nc2n1.Cc1cc(C)c2ccc(N)nc2n1.[Cl-].[Cl-].[Cu+2]. The van der Waals surface area contributed by atoms with E-state index in [4.69, 9.17) is 11.5 Å². The van der Waals surface area contributed by atoms with Gasteiger partial charge in [0.1, 0.15) is 11.6 Å². The van der Waals surface area contributed by atoms with Gasteiger partial charge in [-0.1, -0.05) is 0 Å². The van der Waals surface area contributed by atoms with Gasteiger partial charge in [-0.3, -0.25) is 0 Å². The molecule has 4 aromatic rings. The van der Waals surface area contributed by atoms with Crippen LogP contribution in [0.3, 0.4) is 0 Å². The van der Waals surface area contributed by atoms with Crippen LogP contribution in [0.15, 0.2) is 36.4 Å². The van der Waals surface area contributed by atoms with Gasteiger partial charge < -0.3 is 36.3 Å². The van der Waals surface area contributed by atoms with Crippen molar-refractivity contribution < 1.29 is 41.9 Å². The first-order valence-corrected chi connectivity index (χ1v) is 8.34. The van der Waals surface area contributed by atoms with Crippen molar-refractivity contribution in [1.82, 2.24) is 19.9 Å². The largest absolute Gasteiger partial charge is 2.00 e. The van der Waals surface area contributed by atoms with E-state index in [0.717, 1.165) is 33.5 Å². The second-order valence-electron chi connectivity index (χ2n) is 6.38. The predicted molar refractivity (Wildman–Crippen MR) is 107 cm³/mol. The minimum absolute atomic E-state index is 0. The first kappa shape index (κ1) is 26.8. The fraction of sp³-hybridized carbons (Fsp3) is 0.200. The zero-order valence-electron chi connectivity index (χ0n) is 16.5.